The largest absolute Gasteiger partial charge is 0.369 e. The van der Waals surface area contributed by atoms with E-state index >= 15 is 0 Å². The lowest BCUT2D eigenvalue weighted by Gasteiger charge is -1.99. The van der Waals surface area contributed by atoms with Gasteiger partial charge in [-0.2, -0.15) is 0 Å². The van der Waals surface area contributed by atoms with E-state index in [2.05, 4.69) is 15.0 Å². The van der Waals surface area contributed by atoms with E-state index in [0.717, 1.165) is 27.8 Å². The van der Waals surface area contributed by atoms with Gasteiger partial charge < -0.3 is 10.3 Å². The van der Waals surface area contributed by atoms with Gasteiger partial charge in [-0.15, -0.1) is 0 Å². The summed E-state index contributed by atoms with van der Waals surface area (Å²) in [5.74, 6) is 0.491. The molecule has 0 amide bonds. The SMILES string of the molecule is Cc1cnc2c(ccc3c2nc(N)n3C)n1. The van der Waals surface area contributed by atoms with Crippen LogP contribution in [0.2, 0.25) is 0 Å². The molecule has 0 aliphatic rings. The van der Waals surface area contributed by atoms with Crippen LogP contribution in [-0.2, 0) is 7.05 Å². The van der Waals surface area contributed by atoms with Gasteiger partial charge in [0.1, 0.15) is 11.0 Å². The van der Waals surface area contributed by atoms with E-state index in [9.17, 15) is 0 Å². The van der Waals surface area contributed by atoms with Crippen LogP contribution < -0.4 is 5.73 Å². The average Bonchev–Trinajstić information content (AvgIpc) is 2.55. The zero-order valence-electron chi connectivity index (χ0n) is 9.10. The summed E-state index contributed by atoms with van der Waals surface area (Å²) in [5.41, 5.74) is 10.1. The molecule has 0 aliphatic carbocycles. The second kappa shape index (κ2) is 2.91. The predicted octanol–water partition coefficient (Wildman–Crippen LogP) is 1.41. The summed E-state index contributed by atoms with van der Waals surface area (Å²) in [6.45, 7) is 1.92. The number of hydrogen-bond acceptors (Lipinski definition) is 4. The van der Waals surface area contributed by atoms with Gasteiger partial charge in [-0.05, 0) is 19.1 Å². The number of benzene rings is 1. The van der Waals surface area contributed by atoms with Gasteiger partial charge >= 0.3 is 0 Å². The lowest BCUT2D eigenvalue weighted by atomic mass is 10.2. The zero-order chi connectivity index (χ0) is 11.3. The van der Waals surface area contributed by atoms with Crippen LogP contribution in [0.3, 0.4) is 0 Å². The van der Waals surface area contributed by atoms with Crippen LogP contribution in [0, 0.1) is 6.92 Å². The lowest BCUT2D eigenvalue weighted by molar-refractivity contribution is 0.965. The first-order valence-electron chi connectivity index (χ1n) is 5.01. The zero-order valence-corrected chi connectivity index (χ0v) is 9.10. The molecule has 3 rings (SSSR count). The highest BCUT2D eigenvalue weighted by molar-refractivity contribution is 6.00. The molecule has 5 nitrogen and oxygen atoms in total. The molecule has 2 aromatic heterocycles. The highest BCUT2D eigenvalue weighted by atomic mass is 15.1. The lowest BCUT2D eigenvalue weighted by Crippen LogP contribution is -1.95. The van der Waals surface area contributed by atoms with Crippen LogP contribution in [-0.4, -0.2) is 19.5 Å². The maximum absolute atomic E-state index is 5.78. The number of fused-ring (bicyclic) bond motifs is 3. The van der Waals surface area contributed by atoms with Crippen LogP contribution >= 0.6 is 0 Å². The summed E-state index contributed by atoms with van der Waals surface area (Å²) in [5, 5.41) is 0. The number of aryl methyl sites for hydroxylation is 2. The summed E-state index contributed by atoms with van der Waals surface area (Å²) in [6, 6.07) is 3.91. The van der Waals surface area contributed by atoms with Gasteiger partial charge in [0.2, 0.25) is 5.95 Å². The normalized spacial score (nSPS) is 11.4. The van der Waals surface area contributed by atoms with E-state index in [0.29, 0.717) is 5.95 Å². The van der Waals surface area contributed by atoms with Crippen molar-refractivity contribution in [3.05, 3.63) is 24.0 Å². The maximum Gasteiger partial charge on any atom is 0.201 e. The number of nitrogen functional groups attached to an aromatic ring is 1. The Labute approximate surface area is 91.9 Å². The first-order valence-corrected chi connectivity index (χ1v) is 5.01. The molecule has 2 N–H and O–H groups in total. The Bertz CT molecular complexity index is 698. The molecule has 0 atom stereocenters. The molecule has 5 heteroatoms. The minimum atomic E-state index is 0.491. The van der Waals surface area contributed by atoms with Crippen molar-refractivity contribution in [2.45, 2.75) is 6.92 Å². The summed E-state index contributed by atoms with van der Waals surface area (Å²) in [4.78, 5) is 13.1. The molecular formula is C11H11N5. The van der Waals surface area contributed by atoms with E-state index in [1.54, 1.807) is 6.20 Å². The van der Waals surface area contributed by atoms with Crippen LogP contribution in [0.25, 0.3) is 22.1 Å². The van der Waals surface area contributed by atoms with Crippen LogP contribution in [0.4, 0.5) is 5.95 Å². The van der Waals surface area contributed by atoms with Gasteiger partial charge in [0.05, 0.1) is 16.7 Å². The third-order valence-corrected chi connectivity index (χ3v) is 2.72. The molecule has 0 radical (unpaired) electrons. The fourth-order valence-corrected chi connectivity index (χ4v) is 1.85. The maximum atomic E-state index is 5.78. The average molecular weight is 213 g/mol. The Morgan fingerprint density at radius 3 is 2.81 bits per heavy atom. The number of rotatable bonds is 0. The van der Waals surface area contributed by atoms with E-state index < -0.39 is 0 Å². The molecule has 80 valence electrons. The van der Waals surface area contributed by atoms with Gasteiger partial charge in [0.15, 0.2) is 0 Å². The highest BCUT2D eigenvalue weighted by Gasteiger charge is 2.09. The fourth-order valence-electron chi connectivity index (χ4n) is 1.85. The summed E-state index contributed by atoms with van der Waals surface area (Å²) < 4.78 is 1.84. The Hall–Kier alpha value is -2.17. The predicted molar refractivity (Wildman–Crippen MR) is 63.0 cm³/mol. The molecule has 0 bridgehead atoms. The third-order valence-electron chi connectivity index (χ3n) is 2.72. The first-order chi connectivity index (χ1) is 7.66. The van der Waals surface area contributed by atoms with Crippen molar-refractivity contribution >= 4 is 28.0 Å². The van der Waals surface area contributed by atoms with E-state index in [1.807, 2.05) is 30.7 Å². The second-order valence-corrected chi connectivity index (χ2v) is 3.84. The number of anilines is 1. The van der Waals surface area contributed by atoms with Crippen molar-refractivity contribution in [2.24, 2.45) is 7.05 Å². The Balaban J connectivity index is 2.54. The van der Waals surface area contributed by atoms with Gasteiger partial charge in [0, 0.05) is 13.2 Å². The molecule has 0 unspecified atom stereocenters. The quantitative estimate of drug-likeness (QED) is 0.613. The molecule has 3 aromatic rings. The summed E-state index contributed by atoms with van der Waals surface area (Å²) in [6.07, 6.45) is 1.74. The molecule has 0 aliphatic heterocycles. The number of aromatic nitrogens is 4. The topological polar surface area (TPSA) is 69.6 Å². The standard InChI is InChI=1S/C11H11N5/c1-6-5-13-9-7(14-6)3-4-8-10(9)15-11(12)16(8)2/h3-5H,1-2H3,(H2,12,15). The fraction of sp³-hybridized carbons (Fsp3) is 0.182. The molecule has 0 saturated carbocycles. The first kappa shape index (κ1) is 9.08. The molecule has 1 aromatic carbocycles. The van der Waals surface area contributed by atoms with E-state index in [4.69, 9.17) is 5.73 Å². The Kier molecular flexibility index (Phi) is 1.65. The van der Waals surface area contributed by atoms with Gasteiger partial charge in [0.25, 0.3) is 0 Å². The van der Waals surface area contributed by atoms with Crippen molar-refractivity contribution in [2.75, 3.05) is 5.73 Å². The number of hydrogen-bond donors (Lipinski definition) is 1. The number of nitrogens with zero attached hydrogens (tertiary/aromatic N) is 4. The minimum Gasteiger partial charge on any atom is -0.369 e. The van der Waals surface area contributed by atoms with Crippen LogP contribution in [0.5, 0.6) is 0 Å². The summed E-state index contributed by atoms with van der Waals surface area (Å²) >= 11 is 0. The molecule has 2 heterocycles. The van der Waals surface area contributed by atoms with Crippen molar-refractivity contribution in [1.82, 2.24) is 19.5 Å². The molecule has 0 fully saturated rings. The van der Waals surface area contributed by atoms with Crippen LogP contribution in [0.15, 0.2) is 18.3 Å². The molecule has 0 spiro atoms. The number of imidazole rings is 1. The van der Waals surface area contributed by atoms with Gasteiger partial charge in [-0.25, -0.2) is 9.97 Å². The van der Waals surface area contributed by atoms with Crippen LogP contribution in [0.1, 0.15) is 5.69 Å². The second-order valence-electron chi connectivity index (χ2n) is 3.84. The molecule has 0 saturated heterocycles. The van der Waals surface area contributed by atoms with E-state index in [-0.39, 0.29) is 0 Å². The number of nitrogens with two attached hydrogens (primary N) is 1. The Morgan fingerprint density at radius 2 is 2.00 bits per heavy atom. The van der Waals surface area contributed by atoms with Gasteiger partial charge in [-0.1, -0.05) is 0 Å². The van der Waals surface area contributed by atoms with Gasteiger partial charge in [-0.3, -0.25) is 4.98 Å². The highest BCUT2D eigenvalue weighted by Crippen LogP contribution is 2.23. The minimum absolute atomic E-state index is 0.491. The monoisotopic (exact) mass is 213 g/mol. The van der Waals surface area contributed by atoms with E-state index in [1.165, 1.54) is 0 Å². The Morgan fingerprint density at radius 1 is 1.19 bits per heavy atom. The smallest absolute Gasteiger partial charge is 0.201 e. The van der Waals surface area contributed by atoms with Crippen molar-refractivity contribution in [3.8, 4) is 0 Å². The summed E-state index contributed by atoms with van der Waals surface area (Å²) in [7, 11) is 1.89. The van der Waals surface area contributed by atoms with Crippen molar-refractivity contribution in [3.63, 3.8) is 0 Å². The van der Waals surface area contributed by atoms with Crippen molar-refractivity contribution in [1.29, 1.82) is 0 Å². The molecular weight excluding hydrogens is 202 g/mol. The molecule has 16 heavy (non-hydrogen) atoms. The van der Waals surface area contributed by atoms with Crippen molar-refractivity contribution < 1.29 is 0 Å². The third kappa shape index (κ3) is 1.08.